The van der Waals surface area contributed by atoms with Gasteiger partial charge in [-0.3, -0.25) is 0 Å². The Morgan fingerprint density at radius 1 is 1.30 bits per heavy atom. The zero-order valence-electron chi connectivity index (χ0n) is 11.9. The van der Waals surface area contributed by atoms with E-state index in [2.05, 4.69) is 15.9 Å². The monoisotopic (exact) mass is 341 g/mol. The van der Waals surface area contributed by atoms with Crippen molar-refractivity contribution >= 4 is 15.9 Å². The number of aliphatic hydroxyl groups is 1. The first-order valence-electron chi connectivity index (χ1n) is 7.51. The van der Waals surface area contributed by atoms with Crippen molar-refractivity contribution in [2.24, 2.45) is 11.7 Å². The van der Waals surface area contributed by atoms with Crippen LogP contribution in [0.25, 0.3) is 0 Å². The third-order valence-corrected chi connectivity index (χ3v) is 4.84. The fraction of sp³-hybridized carbons (Fsp3) is 0.625. The third-order valence-electron chi connectivity index (χ3n) is 3.99. The zero-order chi connectivity index (χ0) is 14.4. The summed E-state index contributed by atoms with van der Waals surface area (Å²) in [5.74, 6) is 1.50. The molecule has 112 valence electrons. The van der Waals surface area contributed by atoms with Crippen LogP contribution in [0.4, 0.5) is 0 Å². The summed E-state index contributed by atoms with van der Waals surface area (Å²) in [6, 6.07) is 5.79. The second kappa shape index (κ2) is 8.01. The summed E-state index contributed by atoms with van der Waals surface area (Å²) in [7, 11) is 0. The fourth-order valence-electron chi connectivity index (χ4n) is 2.77. The van der Waals surface area contributed by atoms with E-state index in [9.17, 15) is 5.11 Å². The maximum absolute atomic E-state index is 10.1. The van der Waals surface area contributed by atoms with Crippen molar-refractivity contribution in [2.75, 3.05) is 13.2 Å². The number of ether oxygens (including phenoxy) is 1. The summed E-state index contributed by atoms with van der Waals surface area (Å²) in [5, 5.41) is 10.1. The van der Waals surface area contributed by atoms with Gasteiger partial charge in [-0.15, -0.1) is 0 Å². The molecule has 0 amide bonds. The van der Waals surface area contributed by atoms with Crippen LogP contribution in [0.15, 0.2) is 22.7 Å². The molecule has 2 rings (SSSR count). The van der Waals surface area contributed by atoms with Gasteiger partial charge in [-0.05, 0) is 59.3 Å². The molecule has 20 heavy (non-hydrogen) atoms. The summed E-state index contributed by atoms with van der Waals surface area (Å²) >= 11 is 3.55. The maximum atomic E-state index is 10.1. The summed E-state index contributed by atoms with van der Waals surface area (Å²) in [6.07, 6.45) is 6.58. The molecule has 1 aromatic rings. The van der Waals surface area contributed by atoms with E-state index in [0.717, 1.165) is 22.4 Å². The minimum atomic E-state index is -0.535. The van der Waals surface area contributed by atoms with Crippen LogP contribution in [0.5, 0.6) is 5.75 Å². The van der Waals surface area contributed by atoms with Crippen LogP contribution in [-0.2, 0) is 0 Å². The minimum absolute atomic E-state index is 0.473. The van der Waals surface area contributed by atoms with E-state index >= 15 is 0 Å². The van der Waals surface area contributed by atoms with Gasteiger partial charge in [0.25, 0.3) is 0 Å². The lowest BCUT2D eigenvalue weighted by atomic mass is 9.90. The summed E-state index contributed by atoms with van der Waals surface area (Å²) in [4.78, 5) is 0. The van der Waals surface area contributed by atoms with Crippen LogP contribution in [0.2, 0.25) is 0 Å². The Labute approximate surface area is 129 Å². The van der Waals surface area contributed by atoms with Crippen molar-refractivity contribution in [3.63, 3.8) is 0 Å². The highest BCUT2D eigenvalue weighted by molar-refractivity contribution is 9.10. The molecule has 0 aliphatic heterocycles. The van der Waals surface area contributed by atoms with E-state index in [1.807, 2.05) is 18.2 Å². The Balaban J connectivity index is 1.98. The quantitative estimate of drug-likeness (QED) is 0.827. The normalized spacial score (nSPS) is 17.9. The smallest absolute Gasteiger partial charge is 0.133 e. The molecule has 0 aromatic heterocycles. The molecule has 0 saturated heterocycles. The van der Waals surface area contributed by atoms with Crippen LogP contribution < -0.4 is 10.5 Å². The molecule has 4 heteroatoms. The molecule has 1 saturated carbocycles. The van der Waals surface area contributed by atoms with Crippen LogP contribution in [0.1, 0.15) is 50.2 Å². The average molecular weight is 342 g/mol. The van der Waals surface area contributed by atoms with E-state index in [4.69, 9.17) is 10.5 Å². The Kier molecular flexibility index (Phi) is 6.33. The molecule has 1 atom stereocenters. The molecule has 0 spiro atoms. The van der Waals surface area contributed by atoms with E-state index in [1.54, 1.807) is 0 Å². The van der Waals surface area contributed by atoms with Crippen LogP contribution in [0.3, 0.4) is 0 Å². The maximum Gasteiger partial charge on any atom is 0.133 e. The van der Waals surface area contributed by atoms with Gasteiger partial charge >= 0.3 is 0 Å². The van der Waals surface area contributed by atoms with E-state index in [1.165, 1.54) is 32.1 Å². The molecule has 0 bridgehead atoms. The van der Waals surface area contributed by atoms with Crippen molar-refractivity contribution in [1.82, 2.24) is 0 Å². The standard InChI is InChI=1S/C16H24BrNO2/c17-16-13(14(19)9-10-18)7-4-8-15(16)20-11-12-5-2-1-3-6-12/h4,7-8,12,14,19H,1-3,5-6,9-11,18H2/t14-/m0/s1. The lowest BCUT2D eigenvalue weighted by Gasteiger charge is -2.22. The largest absolute Gasteiger partial charge is 0.492 e. The highest BCUT2D eigenvalue weighted by Gasteiger charge is 2.17. The Morgan fingerprint density at radius 3 is 2.75 bits per heavy atom. The van der Waals surface area contributed by atoms with Gasteiger partial charge < -0.3 is 15.6 Å². The number of aliphatic hydroxyl groups excluding tert-OH is 1. The van der Waals surface area contributed by atoms with Crippen molar-refractivity contribution in [3.05, 3.63) is 28.2 Å². The molecule has 0 heterocycles. The van der Waals surface area contributed by atoms with Crippen molar-refractivity contribution in [3.8, 4) is 5.75 Å². The van der Waals surface area contributed by atoms with Crippen LogP contribution >= 0.6 is 15.9 Å². The van der Waals surface area contributed by atoms with Gasteiger partial charge in [-0.25, -0.2) is 0 Å². The Hall–Kier alpha value is -0.580. The fourth-order valence-corrected chi connectivity index (χ4v) is 3.41. The predicted molar refractivity (Wildman–Crippen MR) is 84.8 cm³/mol. The highest BCUT2D eigenvalue weighted by atomic mass is 79.9. The summed E-state index contributed by atoms with van der Waals surface area (Å²) in [6.45, 7) is 1.25. The van der Waals surface area contributed by atoms with Gasteiger partial charge in [0.15, 0.2) is 0 Å². The Morgan fingerprint density at radius 2 is 2.05 bits per heavy atom. The molecule has 1 aromatic carbocycles. The Bertz CT molecular complexity index is 419. The van der Waals surface area contributed by atoms with Crippen molar-refractivity contribution in [2.45, 2.75) is 44.6 Å². The lowest BCUT2D eigenvalue weighted by molar-refractivity contribution is 0.167. The summed E-state index contributed by atoms with van der Waals surface area (Å²) in [5.41, 5.74) is 6.36. The van der Waals surface area contributed by atoms with Crippen LogP contribution in [0, 0.1) is 5.92 Å². The molecule has 1 aliphatic rings. The molecule has 0 unspecified atom stereocenters. The first-order valence-corrected chi connectivity index (χ1v) is 8.31. The minimum Gasteiger partial charge on any atom is -0.492 e. The molecular formula is C16H24BrNO2. The number of halogens is 1. The molecule has 3 nitrogen and oxygen atoms in total. The number of hydrogen-bond donors (Lipinski definition) is 2. The second-order valence-corrected chi connectivity index (χ2v) is 6.36. The molecule has 3 N–H and O–H groups in total. The lowest BCUT2D eigenvalue weighted by Crippen LogP contribution is -2.15. The molecule has 1 fully saturated rings. The average Bonchev–Trinajstić information content (AvgIpc) is 2.47. The van der Waals surface area contributed by atoms with Gasteiger partial charge in [0, 0.05) is 0 Å². The SMILES string of the molecule is NCC[C@H](O)c1cccc(OCC2CCCCC2)c1Br. The number of rotatable bonds is 6. The number of nitrogens with two attached hydrogens (primary N) is 1. The van der Waals surface area contributed by atoms with Crippen molar-refractivity contribution in [1.29, 1.82) is 0 Å². The van der Waals surface area contributed by atoms with Gasteiger partial charge in [0.05, 0.1) is 17.2 Å². The molecule has 1 aliphatic carbocycles. The first-order chi connectivity index (χ1) is 9.72. The third kappa shape index (κ3) is 4.21. The van der Waals surface area contributed by atoms with Crippen LogP contribution in [-0.4, -0.2) is 18.3 Å². The van der Waals surface area contributed by atoms with Gasteiger partial charge in [0.1, 0.15) is 5.75 Å². The second-order valence-electron chi connectivity index (χ2n) is 5.57. The van der Waals surface area contributed by atoms with Crippen molar-refractivity contribution < 1.29 is 9.84 Å². The van der Waals surface area contributed by atoms with E-state index in [-0.39, 0.29) is 0 Å². The predicted octanol–water partition coefficient (Wildman–Crippen LogP) is 3.79. The van der Waals surface area contributed by atoms with E-state index in [0.29, 0.717) is 18.9 Å². The molecule has 0 radical (unpaired) electrons. The zero-order valence-corrected chi connectivity index (χ0v) is 13.4. The van der Waals surface area contributed by atoms with Gasteiger partial charge in [-0.1, -0.05) is 31.4 Å². The number of benzene rings is 1. The summed E-state index contributed by atoms with van der Waals surface area (Å²) < 4.78 is 6.81. The first kappa shape index (κ1) is 15.8. The topological polar surface area (TPSA) is 55.5 Å². The van der Waals surface area contributed by atoms with Gasteiger partial charge in [-0.2, -0.15) is 0 Å². The van der Waals surface area contributed by atoms with E-state index < -0.39 is 6.10 Å². The highest BCUT2D eigenvalue weighted by Crippen LogP contribution is 2.34. The van der Waals surface area contributed by atoms with Gasteiger partial charge in [0.2, 0.25) is 0 Å². The molecular weight excluding hydrogens is 318 g/mol. The number of hydrogen-bond acceptors (Lipinski definition) is 3.